The van der Waals surface area contributed by atoms with Gasteiger partial charge in [-0.3, -0.25) is 0 Å². The van der Waals surface area contributed by atoms with Crippen LogP contribution in [-0.2, 0) is 6.54 Å². The largest absolute Gasteiger partial charge is 0.496 e. The van der Waals surface area contributed by atoms with Crippen molar-refractivity contribution in [1.82, 2.24) is 5.32 Å². The Morgan fingerprint density at radius 3 is 2.58 bits per heavy atom. The van der Waals surface area contributed by atoms with Crippen LogP contribution in [0.5, 0.6) is 5.75 Å². The smallest absolute Gasteiger partial charge is 0.123 e. The van der Waals surface area contributed by atoms with E-state index in [9.17, 15) is 0 Å². The lowest BCUT2D eigenvalue weighted by molar-refractivity contribution is 0.363. The van der Waals surface area contributed by atoms with Gasteiger partial charge in [-0.2, -0.15) is 0 Å². The van der Waals surface area contributed by atoms with Gasteiger partial charge in [-0.1, -0.05) is 32.4 Å². The number of hydrogen-bond donors (Lipinski definition) is 1. The van der Waals surface area contributed by atoms with E-state index in [0.29, 0.717) is 6.54 Å². The zero-order valence-corrected chi connectivity index (χ0v) is 13.6. The van der Waals surface area contributed by atoms with E-state index < -0.39 is 0 Å². The predicted molar refractivity (Wildman–Crippen MR) is 83.4 cm³/mol. The van der Waals surface area contributed by atoms with E-state index in [0.717, 1.165) is 29.3 Å². The molecule has 2 nitrogen and oxygen atoms in total. The van der Waals surface area contributed by atoms with Gasteiger partial charge in [0.15, 0.2) is 0 Å². The fourth-order valence-corrected chi connectivity index (χ4v) is 2.75. The van der Waals surface area contributed by atoms with Crippen molar-refractivity contribution in [2.45, 2.75) is 39.1 Å². The summed E-state index contributed by atoms with van der Waals surface area (Å²) in [5, 5.41) is 4.20. The minimum atomic E-state index is 0.130. The quantitative estimate of drug-likeness (QED) is 0.782. The Hall–Kier alpha value is -0.440. The SMILES string of the molecule is COc1ccc(Cl)cc1CNCC(Cl)CC(C)(C)C. The van der Waals surface area contributed by atoms with E-state index in [1.54, 1.807) is 7.11 Å². The number of methoxy groups -OCH3 is 1. The van der Waals surface area contributed by atoms with Crippen molar-refractivity contribution in [1.29, 1.82) is 0 Å². The first-order valence-electron chi connectivity index (χ1n) is 6.49. The van der Waals surface area contributed by atoms with Gasteiger partial charge in [-0.15, -0.1) is 11.6 Å². The first-order chi connectivity index (χ1) is 8.81. The number of alkyl halides is 1. The third kappa shape index (κ3) is 6.51. The highest BCUT2D eigenvalue weighted by molar-refractivity contribution is 6.30. The van der Waals surface area contributed by atoms with Crippen molar-refractivity contribution in [2.75, 3.05) is 13.7 Å². The molecule has 1 aromatic rings. The van der Waals surface area contributed by atoms with Gasteiger partial charge in [0.05, 0.1) is 7.11 Å². The molecule has 108 valence electrons. The Balaban J connectivity index is 2.47. The lowest BCUT2D eigenvalue weighted by atomic mass is 9.90. The summed E-state index contributed by atoms with van der Waals surface area (Å²) in [6, 6.07) is 5.63. The summed E-state index contributed by atoms with van der Waals surface area (Å²) in [7, 11) is 1.66. The summed E-state index contributed by atoms with van der Waals surface area (Å²) in [5.41, 5.74) is 1.30. The van der Waals surface area contributed by atoms with E-state index >= 15 is 0 Å². The zero-order valence-electron chi connectivity index (χ0n) is 12.1. The molecule has 0 aliphatic heterocycles. The van der Waals surface area contributed by atoms with E-state index in [1.807, 2.05) is 18.2 Å². The van der Waals surface area contributed by atoms with Crippen LogP contribution in [-0.4, -0.2) is 19.0 Å². The van der Waals surface area contributed by atoms with Crippen molar-refractivity contribution in [3.05, 3.63) is 28.8 Å². The van der Waals surface area contributed by atoms with Crippen molar-refractivity contribution in [3.8, 4) is 5.75 Å². The maximum absolute atomic E-state index is 6.32. The second-order valence-corrected chi connectivity index (χ2v) is 7.00. The van der Waals surface area contributed by atoms with Gasteiger partial charge in [0.25, 0.3) is 0 Å². The standard InChI is InChI=1S/C15H23Cl2NO/c1-15(2,3)8-13(17)10-18-9-11-7-12(16)5-6-14(11)19-4/h5-7,13,18H,8-10H2,1-4H3. The topological polar surface area (TPSA) is 21.3 Å². The summed E-state index contributed by atoms with van der Waals surface area (Å²) in [4.78, 5) is 0. The van der Waals surface area contributed by atoms with E-state index in [1.165, 1.54) is 0 Å². The highest BCUT2D eigenvalue weighted by Crippen LogP contribution is 2.24. The van der Waals surface area contributed by atoms with E-state index in [4.69, 9.17) is 27.9 Å². The fourth-order valence-electron chi connectivity index (χ4n) is 1.99. The van der Waals surface area contributed by atoms with Gasteiger partial charge in [-0.25, -0.2) is 0 Å². The third-order valence-corrected chi connectivity index (χ3v) is 3.30. The van der Waals surface area contributed by atoms with Gasteiger partial charge in [0, 0.05) is 29.1 Å². The molecule has 1 rings (SSSR count). The molecule has 0 saturated carbocycles. The molecule has 0 radical (unpaired) electrons. The average molecular weight is 304 g/mol. The molecule has 0 spiro atoms. The lowest BCUT2D eigenvalue weighted by Gasteiger charge is -2.22. The Kier molecular flexibility index (Phi) is 6.45. The highest BCUT2D eigenvalue weighted by Gasteiger charge is 2.16. The van der Waals surface area contributed by atoms with Gasteiger partial charge in [-0.05, 0) is 30.0 Å². The van der Waals surface area contributed by atoms with Gasteiger partial charge in [0.2, 0.25) is 0 Å². The molecule has 0 aliphatic carbocycles. The number of benzene rings is 1. The van der Waals surface area contributed by atoms with Crippen molar-refractivity contribution < 1.29 is 4.74 Å². The number of ether oxygens (including phenoxy) is 1. The number of rotatable bonds is 6. The molecule has 0 heterocycles. The number of nitrogens with one attached hydrogen (secondary N) is 1. The van der Waals surface area contributed by atoms with E-state index in [2.05, 4.69) is 26.1 Å². The Morgan fingerprint density at radius 1 is 1.32 bits per heavy atom. The van der Waals surface area contributed by atoms with Crippen LogP contribution in [0.3, 0.4) is 0 Å². The van der Waals surface area contributed by atoms with Crippen molar-refractivity contribution in [2.24, 2.45) is 5.41 Å². The number of halogens is 2. The van der Waals surface area contributed by atoms with Crippen molar-refractivity contribution in [3.63, 3.8) is 0 Å². The van der Waals surface area contributed by atoms with Crippen LogP contribution < -0.4 is 10.1 Å². The summed E-state index contributed by atoms with van der Waals surface area (Å²) in [5.74, 6) is 0.846. The summed E-state index contributed by atoms with van der Waals surface area (Å²) in [6.45, 7) is 8.07. The van der Waals surface area contributed by atoms with Crippen LogP contribution in [0.25, 0.3) is 0 Å². The Labute approximate surface area is 126 Å². The Bertz CT molecular complexity index is 402. The molecule has 1 aromatic carbocycles. The Morgan fingerprint density at radius 2 is 2.00 bits per heavy atom. The van der Waals surface area contributed by atoms with Gasteiger partial charge < -0.3 is 10.1 Å². The molecule has 1 unspecified atom stereocenters. The summed E-state index contributed by atoms with van der Waals surface area (Å²) >= 11 is 12.3. The average Bonchev–Trinajstić information content (AvgIpc) is 2.27. The summed E-state index contributed by atoms with van der Waals surface area (Å²) in [6.07, 6.45) is 0.980. The minimum Gasteiger partial charge on any atom is -0.496 e. The molecule has 0 bridgehead atoms. The molecule has 0 saturated heterocycles. The van der Waals surface area contributed by atoms with Crippen LogP contribution in [0.4, 0.5) is 0 Å². The second kappa shape index (κ2) is 7.37. The summed E-state index contributed by atoms with van der Waals surface area (Å²) < 4.78 is 5.31. The molecular weight excluding hydrogens is 281 g/mol. The van der Waals surface area contributed by atoms with Crippen LogP contribution in [0.15, 0.2) is 18.2 Å². The molecule has 0 aromatic heterocycles. The zero-order chi connectivity index (χ0) is 14.5. The first-order valence-corrected chi connectivity index (χ1v) is 7.30. The van der Waals surface area contributed by atoms with Crippen LogP contribution in [0.1, 0.15) is 32.8 Å². The van der Waals surface area contributed by atoms with E-state index in [-0.39, 0.29) is 10.8 Å². The fraction of sp³-hybridized carbons (Fsp3) is 0.600. The van der Waals surface area contributed by atoms with Gasteiger partial charge in [0.1, 0.15) is 5.75 Å². The van der Waals surface area contributed by atoms with Crippen LogP contribution in [0, 0.1) is 5.41 Å². The monoisotopic (exact) mass is 303 g/mol. The minimum absolute atomic E-state index is 0.130. The number of hydrogen-bond acceptors (Lipinski definition) is 2. The molecule has 0 aliphatic rings. The maximum Gasteiger partial charge on any atom is 0.123 e. The lowest BCUT2D eigenvalue weighted by Crippen LogP contribution is -2.26. The molecule has 19 heavy (non-hydrogen) atoms. The molecule has 0 fully saturated rings. The molecular formula is C15H23Cl2NO. The van der Waals surface area contributed by atoms with Crippen molar-refractivity contribution >= 4 is 23.2 Å². The van der Waals surface area contributed by atoms with Crippen LogP contribution >= 0.6 is 23.2 Å². The molecule has 4 heteroatoms. The molecule has 0 amide bonds. The third-order valence-electron chi connectivity index (χ3n) is 2.76. The van der Waals surface area contributed by atoms with Gasteiger partial charge >= 0.3 is 0 Å². The highest BCUT2D eigenvalue weighted by atomic mass is 35.5. The first kappa shape index (κ1) is 16.6. The molecule has 1 atom stereocenters. The second-order valence-electron chi connectivity index (χ2n) is 5.95. The maximum atomic E-state index is 6.32. The predicted octanol–water partition coefficient (Wildman–Crippen LogP) is 4.48. The van der Waals surface area contributed by atoms with Crippen LogP contribution in [0.2, 0.25) is 5.02 Å². The normalized spacial score (nSPS) is 13.4. The molecule has 1 N–H and O–H groups in total.